The molecule has 1 amide bonds. The van der Waals surface area contributed by atoms with Gasteiger partial charge in [0.15, 0.2) is 0 Å². The predicted octanol–water partition coefficient (Wildman–Crippen LogP) is 5.17. The smallest absolute Gasteiger partial charge is 0.224 e. The zero-order chi connectivity index (χ0) is 21.8. The number of ether oxygens (including phenoxy) is 1. The molecule has 3 aromatic carbocycles. The third-order valence-corrected chi connectivity index (χ3v) is 5.63. The topological polar surface area (TPSA) is 56.1 Å². The van der Waals surface area contributed by atoms with E-state index in [9.17, 15) is 4.79 Å². The number of hydrogen-bond acceptors (Lipinski definition) is 3. The number of halogens is 1. The van der Waals surface area contributed by atoms with Gasteiger partial charge >= 0.3 is 0 Å². The third-order valence-electron chi connectivity index (χ3n) is 5.26. The van der Waals surface area contributed by atoms with Gasteiger partial charge in [0.1, 0.15) is 11.6 Å². The van der Waals surface area contributed by atoms with Gasteiger partial charge in [0, 0.05) is 5.02 Å². The Morgan fingerprint density at radius 2 is 1.77 bits per heavy atom. The molecular formula is C25H24ClN3O2. The summed E-state index contributed by atoms with van der Waals surface area (Å²) in [6, 6.07) is 23.0. The van der Waals surface area contributed by atoms with Crippen LogP contribution in [0, 0.1) is 0 Å². The number of nitrogens with zero attached hydrogens (tertiary/aromatic N) is 2. The molecule has 0 aliphatic rings. The lowest BCUT2D eigenvalue weighted by atomic mass is 10.1. The number of rotatable bonds is 7. The van der Waals surface area contributed by atoms with Crippen molar-refractivity contribution in [1.29, 1.82) is 0 Å². The molecule has 5 nitrogen and oxygen atoms in total. The van der Waals surface area contributed by atoms with Crippen molar-refractivity contribution < 1.29 is 9.53 Å². The molecule has 0 saturated heterocycles. The van der Waals surface area contributed by atoms with E-state index in [1.807, 2.05) is 79.7 Å². The molecule has 4 rings (SSSR count). The fourth-order valence-electron chi connectivity index (χ4n) is 3.67. The molecule has 1 N–H and O–H groups in total. The van der Waals surface area contributed by atoms with Crippen LogP contribution in [0.2, 0.25) is 5.02 Å². The number of fused-ring (bicyclic) bond motifs is 1. The largest absolute Gasteiger partial charge is 0.497 e. The number of nitrogens with one attached hydrogen (secondary N) is 1. The highest BCUT2D eigenvalue weighted by molar-refractivity contribution is 6.31. The number of benzene rings is 3. The van der Waals surface area contributed by atoms with Gasteiger partial charge in [-0.05, 0) is 48.4 Å². The van der Waals surface area contributed by atoms with Crippen molar-refractivity contribution >= 4 is 28.5 Å². The number of amides is 1. The highest BCUT2D eigenvalue weighted by atomic mass is 35.5. The molecule has 31 heavy (non-hydrogen) atoms. The highest BCUT2D eigenvalue weighted by Crippen LogP contribution is 2.25. The van der Waals surface area contributed by atoms with E-state index in [0.29, 0.717) is 18.0 Å². The number of para-hydroxylation sites is 2. The normalized spacial score (nSPS) is 12.0. The molecule has 0 bridgehead atoms. The van der Waals surface area contributed by atoms with Crippen molar-refractivity contribution in [3.8, 4) is 5.75 Å². The minimum Gasteiger partial charge on any atom is -0.497 e. The summed E-state index contributed by atoms with van der Waals surface area (Å²) in [5.41, 5.74) is 3.83. The van der Waals surface area contributed by atoms with Crippen LogP contribution < -0.4 is 10.1 Å². The Hall–Kier alpha value is -3.31. The Bertz CT molecular complexity index is 1200. The van der Waals surface area contributed by atoms with Gasteiger partial charge in [-0.3, -0.25) is 4.79 Å². The Morgan fingerprint density at radius 1 is 1.06 bits per heavy atom. The van der Waals surface area contributed by atoms with Gasteiger partial charge in [0.25, 0.3) is 0 Å². The standard InChI is InChI=1S/C25H24ClN3O2/c1-17(27-24(30)15-18-11-13-20(31-2)14-12-18)25-28-22-9-5-6-10-23(22)29(25)16-19-7-3-4-8-21(19)26/h3-14,17H,15-16H2,1-2H3,(H,27,30). The molecular weight excluding hydrogens is 410 g/mol. The van der Waals surface area contributed by atoms with Crippen molar-refractivity contribution in [3.63, 3.8) is 0 Å². The average molecular weight is 434 g/mol. The van der Waals surface area contributed by atoms with Crippen LogP contribution in [-0.4, -0.2) is 22.6 Å². The molecule has 1 atom stereocenters. The summed E-state index contributed by atoms with van der Waals surface area (Å²) in [7, 11) is 1.62. The Balaban J connectivity index is 1.57. The summed E-state index contributed by atoms with van der Waals surface area (Å²) in [5.74, 6) is 1.50. The molecule has 0 aliphatic heterocycles. The van der Waals surface area contributed by atoms with Crippen LogP contribution in [0.3, 0.4) is 0 Å². The summed E-state index contributed by atoms with van der Waals surface area (Å²) in [5, 5.41) is 3.80. The van der Waals surface area contributed by atoms with Gasteiger partial charge in [-0.1, -0.05) is 54.1 Å². The average Bonchev–Trinajstić information content (AvgIpc) is 3.14. The number of carbonyl (C=O) groups is 1. The van der Waals surface area contributed by atoms with Crippen molar-refractivity contribution in [3.05, 3.63) is 94.8 Å². The lowest BCUT2D eigenvalue weighted by molar-refractivity contribution is -0.121. The first kappa shape index (κ1) is 20.9. The van der Waals surface area contributed by atoms with E-state index in [4.69, 9.17) is 21.3 Å². The zero-order valence-electron chi connectivity index (χ0n) is 17.5. The highest BCUT2D eigenvalue weighted by Gasteiger charge is 2.19. The minimum atomic E-state index is -0.263. The summed E-state index contributed by atoms with van der Waals surface area (Å²) in [6.45, 7) is 2.53. The minimum absolute atomic E-state index is 0.0611. The molecule has 0 fully saturated rings. The molecule has 0 radical (unpaired) electrons. The van der Waals surface area contributed by atoms with Crippen LogP contribution in [0.15, 0.2) is 72.8 Å². The van der Waals surface area contributed by atoms with E-state index in [1.165, 1.54) is 0 Å². The number of methoxy groups -OCH3 is 1. The van der Waals surface area contributed by atoms with Gasteiger partial charge in [-0.15, -0.1) is 0 Å². The maximum Gasteiger partial charge on any atom is 0.224 e. The van der Waals surface area contributed by atoms with E-state index in [2.05, 4.69) is 9.88 Å². The summed E-state index contributed by atoms with van der Waals surface area (Å²) in [4.78, 5) is 17.5. The molecule has 1 unspecified atom stereocenters. The maximum atomic E-state index is 12.7. The Kier molecular flexibility index (Phi) is 6.23. The molecule has 0 saturated carbocycles. The lowest BCUT2D eigenvalue weighted by Crippen LogP contribution is -2.30. The fourth-order valence-corrected chi connectivity index (χ4v) is 3.87. The number of hydrogen-bond donors (Lipinski definition) is 1. The number of aromatic nitrogens is 2. The van der Waals surface area contributed by atoms with Crippen molar-refractivity contribution in [1.82, 2.24) is 14.9 Å². The van der Waals surface area contributed by atoms with Crippen molar-refractivity contribution in [2.75, 3.05) is 7.11 Å². The maximum absolute atomic E-state index is 12.7. The Labute approximate surface area is 186 Å². The molecule has 4 aromatic rings. The SMILES string of the molecule is COc1ccc(CC(=O)NC(C)c2nc3ccccc3n2Cc2ccccc2Cl)cc1. The van der Waals surface area contributed by atoms with Crippen LogP contribution in [0.1, 0.15) is 29.9 Å². The van der Waals surface area contributed by atoms with Gasteiger partial charge in [0.2, 0.25) is 5.91 Å². The molecule has 0 aliphatic carbocycles. The molecule has 158 valence electrons. The summed E-state index contributed by atoms with van der Waals surface area (Å²) in [6.07, 6.45) is 0.291. The number of carbonyl (C=O) groups excluding carboxylic acids is 1. The second kappa shape index (κ2) is 9.23. The molecule has 6 heteroatoms. The molecule has 1 heterocycles. The van der Waals surface area contributed by atoms with Crippen LogP contribution >= 0.6 is 11.6 Å². The van der Waals surface area contributed by atoms with Gasteiger partial charge < -0.3 is 14.6 Å². The summed E-state index contributed by atoms with van der Waals surface area (Å²) < 4.78 is 7.29. The summed E-state index contributed by atoms with van der Waals surface area (Å²) >= 11 is 6.41. The van der Waals surface area contributed by atoms with Crippen molar-refractivity contribution in [2.45, 2.75) is 25.9 Å². The molecule has 1 aromatic heterocycles. The van der Waals surface area contributed by atoms with E-state index in [-0.39, 0.29) is 11.9 Å². The van der Waals surface area contributed by atoms with Crippen LogP contribution in [0.5, 0.6) is 5.75 Å². The van der Waals surface area contributed by atoms with E-state index in [1.54, 1.807) is 7.11 Å². The van der Waals surface area contributed by atoms with Crippen LogP contribution in [0.4, 0.5) is 0 Å². The van der Waals surface area contributed by atoms with Crippen LogP contribution in [0.25, 0.3) is 11.0 Å². The first-order valence-corrected chi connectivity index (χ1v) is 10.5. The first-order chi connectivity index (χ1) is 15.0. The third kappa shape index (κ3) is 4.72. The molecule has 0 spiro atoms. The second-order valence-electron chi connectivity index (χ2n) is 7.45. The van der Waals surface area contributed by atoms with Gasteiger partial charge in [-0.2, -0.15) is 0 Å². The monoisotopic (exact) mass is 433 g/mol. The Morgan fingerprint density at radius 3 is 2.52 bits per heavy atom. The number of imidazole rings is 1. The first-order valence-electron chi connectivity index (χ1n) is 10.2. The van der Waals surface area contributed by atoms with E-state index in [0.717, 1.165) is 33.7 Å². The lowest BCUT2D eigenvalue weighted by Gasteiger charge is -2.17. The van der Waals surface area contributed by atoms with E-state index < -0.39 is 0 Å². The predicted molar refractivity (Wildman–Crippen MR) is 124 cm³/mol. The second-order valence-corrected chi connectivity index (χ2v) is 7.86. The van der Waals surface area contributed by atoms with Gasteiger partial charge in [-0.25, -0.2) is 4.98 Å². The van der Waals surface area contributed by atoms with Gasteiger partial charge in [0.05, 0.1) is 37.2 Å². The fraction of sp³-hybridized carbons (Fsp3) is 0.200. The zero-order valence-corrected chi connectivity index (χ0v) is 18.3. The van der Waals surface area contributed by atoms with Crippen LogP contribution in [-0.2, 0) is 17.8 Å². The quantitative estimate of drug-likeness (QED) is 0.437. The van der Waals surface area contributed by atoms with E-state index >= 15 is 0 Å². The van der Waals surface area contributed by atoms with Crippen molar-refractivity contribution in [2.24, 2.45) is 0 Å².